The first-order valence-corrected chi connectivity index (χ1v) is 11.1. The maximum absolute atomic E-state index is 6.05. The van der Waals surface area contributed by atoms with Gasteiger partial charge in [0, 0.05) is 50.5 Å². The molecule has 0 bridgehead atoms. The molecule has 1 saturated heterocycles. The molecule has 1 aliphatic heterocycles. The Morgan fingerprint density at radius 3 is 2.75 bits per heavy atom. The van der Waals surface area contributed by atoms with Gasteiger partial charge in [0.2, 0.25) is 0 Å². The van der Waals surface area contributed by atoms with Gasteiger partial charge in [0.15, 0.2) is 5.96 Å². The second-order valence-electron chi connectivity index (χ2n) is 7.90. The van der Waals surface area contributed by atoms with E-state index in [9.17, 15) is 0 Å². The number of aromatic amines is 1. The average Bonchev–Trinajstić information content (AvgIpc) is 3.24. The third-order valence-electron chi connectivity index (χ3n) is 5.69. The number of benzene rings is 2. The number of aromatic nitrogens is 1. The highest BCUT2D eigenvalue weighted by molar-refractivity contribution is 14.0. The minimum Gasteiger partial charge on any atom is -0.381 e. The van der Waals surface area contributed by atoms with E-state index in [2.05, 4.69) is 75.3 Å². The predicted molar refractivity (Wildman–Crippen MR) is 141 cm³/mol. The summed E-state index contributed by atoms with van der Waals surface area (Å²) in [4.78, 5) is 7.69. The van der Waals surface area contributed by atoms with E-state index in [1.807, 2.05) is 0 Å². The quantitative estimate of drug-likeness (QED) is 0.222. The van der Waals surface area contributed by atoms with Crippen molar-refractivity contribution in [3.8, 4) is 0 Å². The smallest absolute Gasteiger partial charge is 0.191 e. The van der Waals surface area contributed by atoms with Crippen molar-refractivity contribution in [1.82, 2.24) is 15.6 Å². The van der Waals surface area contributed by atoms with Gasteiger partial charge in [-0.25, -0.2) is 0 Å². The van der Waals surface area contributed by atoms with Crippen LogP contribution in [-0.2, 0) is 29.0 Å². The van der Waals surface area contributed by atoms with Crippen LogP contribution in [0, 0.1) is 0 Å². The summed E-state index contributed by atoms with van der Waals surface area (Å²) in [5.41, 5.74) is 4.91. The van der Waals surface area contributed by atoms with E-state index in [1.54, 1.807) is 7.05 Å². The Hall–Kier alpha value is -2.10. The number of para-hydroxylation sites is 1. The van der Waals surface area contributed by atoms with Crippen molar-refractivity contribution in [1.29, 1.82) is 0 Å². The molecule has 0 atom stereocenters. The molecule has 0 unspecified atom stereocenters. The summed E-state index contributed by atoms with van der Waals surface area (Å²) < 4.78 is 11.4. The molecule has 3 N–H and O–H groups in total. The molecule has 1 aliphatic rings. The van der Waals surface area contributed by atoms with Gasteiger partial charge in [-0.2, -0.15) is 0 Å². The zero-order valence-electron chi connectivity index (χ0n) is 18.6. The number of hydrogen-bond acceptors (Lipinski definition) is 3. The standard InChI is InChI=1S/C25H32N4O2.HI/c1-26-25(27-12-9-21-17-28-24-8-3-2-7-23(21)24)29-16-19-5-4-6-20(15-19)18-31-22-10-13-30-14-11-22;/h2-8,15,17,22,28H,9-14,16,18H2,1H3,(H2,26,27,29);1H. The number of guanidine groups is 1. The summed E-state index contributed by atoms with van der Waals surface area (Å²) in [5, 5.41) is 8.11. The topological polar surface area (TPSA) is 70.7 Å². The van der Waals surface area contributed by atoms with Crippen molar-refractivity contribution in [2.24, 2.45) is 4.99 Å². The zero-order valence-corrected chi connectivity index (χ0v) is 20.9. The predicted octanol–water partition coefficient (Wildman–Crippen LogP) is 4.39. The highest BCUT2D eigenvalue weighted by Crippen LogP contribution is 2.17. The first-order chi connectivity index (χ1) is 15.3. The normalized spacial score (nSPS) is 14.8. The molecule has 3 aromatic rings. The number of rotatable bonds is 8. The van der Waals surface area contributed by atoms with Crippen LogP contribution < -0.4 is 10.6 Å². The molecular weight excluding hydrogens is 515 g/mol. The average molecular weight is 548 g/mol. The number of ether oxygens (including phenoxy) is 2. The maximum atomic E-state index is 6.05. The van der Waals surface area contributed by atoms with E-state index in [-0.39, 0.29) is 24.0 Å². The molecule has 0 spiro atoms. The van der Waals surface area contributed by atoms with E-state index >= 15 is 0 Å². The largest absolute Gasteiger partial charge is 0.381 e. The molecule has 1 aromatic heterocycles. The molecule has 6 nitrogen and oxygen atoms in total. The van der Waals surface area contributed by atoms with E-state index in [0.29, 0.717) is 12.7 Å². The first kappa shape index (κ1) is 24.5. The number of hydrogen-bond donors (Lipinski definition) is 3. The van der Waals surface area contributed by atoms with Crippen molar-refractivity contribution in [3.63, 3.8) is 0 Å². The van der Waals surface area contributed by atoms with E-state index in [4.69, 9.17) is 9.47 Å². The summed E-state index contributed by atoms with van der Waals surface area (Å²) >= 11 is 0. The maximum Gasteiger partial charge on any atom is 0.191 e. The highest BCUT2D eigenvalue weighted by atomic mass is 127. The monoisotopic (exact) mass is 548 g/mol. The SMILES string of the molecule is CN=C(NCCc1c[nH]c2ccccc12)NCc1cccc(COC2CCOCC2)c1.I. The van der Waals surface area contributed by atoms with E-state index in [0.717, 1.165) is 51.5 Å². The summed E-state index contributed by atoms with van der Waals surface area (Å²) in [7, 11) is 1.80. The van der Waals surface area contributed by atoms with Gasteiger partial charge in [-0.3, -0.25) is 4.99 Å². The molecule has 4 rings (SSSR count). The van der Waals surface area contributed by atoms with Gasteiger partial charge in [0.05, 0.1) is 12.7 Å². The first-order valence-electron chi connectivity index (χ1n) is 11.1. The lowest BCUT2D eigenvalue weighted by Crippen LogP contribution is -2.37. The number of H-pyrrole nitrogens is 1. The van der Waals surface area contributed by atoms with Crippen LogP contribution in [0.3, 0.4) is 0 Å². The highest BCUT2D eigenvalue weighted by Gasteiger charge is 2.14. The van der Waals surface area contributed by atoms with E-state index in [1.165, 1.54) is 27.6 Å². The van der Waals surface area contributed by atoms with Gasteiger partial charge in [0.1, 0.15) is 0 Å². The summed E-state index contributed by atoms with van der Waals surface area (Å²) in [5.74, 6) is 0.809. The Kier molecular flexibility index (Phi) is 9.83. The van der Waals surface area contributed by atoms with Crippen molar-refractivity contribution < 1.29 is 9.47 Å². The molecule has 172 valence electrons. The lowest BCUT2D eigenvalue weighted by Gasteiger charge is -2.22. The molecule has 0 radical (unpaired) electrons. The minimum atomic E-state index is 0. The number of nitrogens with zero attached hydrogens (tertiary/aromatic N) is 1. The molecule has 0 aliphatic carbocycles. The molecule has 1 fully saturated rings. The van der Waals surface area contributed by atoms with Crippen molar-refractivity contribution in [2.75, 3.05) is 26.8 Å². The van der Waals surface area contributed by atoms with Crippen LogP contribution in [-0.4, -0.2) is 43.9 Å². The van der Waals surface area contributed by atoms with Crippen molar-refractivity contribution in [2.45, 2.75) is 38.5 Å². The van der Waals surface area contributed by atoms with Crippen LogP contribution in [0.2, 0.25) is 0 Å². The molecule has 32 heavy (non-hydrogen) atoms. The van der Waals surface area contributed by atoms with Crippen LogP contribution >= 0.6 is 24.0 Å². The van der Waals surface area contributed by atoms with Gasteiger partial charge < -0.3 is 25.1 Å². The van der Waals surface area contributed by atoms with Gasteiger partial charge in [0.25, 0.3) is 0 Å². The number of fused-ring (bicyclic) bond motifs is 1. The van der Waals surface area contributed by atoms with Gasteiger partial charge >= 0.3 is 0 Å². The summed E-state index contributed by atoms with van der Waals surface area (Å²) in [6, 6.07) is 16.9. The minimum absolute atomic E-state index is 0. The summed E-state index contributed by atoms with van der Waals surface area (Å²) in [6.07, 6.45) is 5.32. The molecule has 0 saturated carbocycles. The Morgan fingerprint density at radius 1 is 1.09 bits per heavy atom. The van der Waals surface area contributed by atoms with Crippen molar-refractivity contribution in [3.05, 3.63) is 71.4 Å². The number of aliphatic imine (C=N–C) groups is 1. The van der Waals surface area contributed by atoms with E-state index < -0.39 is 0 Å². The fraction of sp³-hybridized carbons (Fsp3) is 0.400. The third kappa shape index (κ3) is 6.95. The third-order valence-corrected chi connectivity index (χ3v) is 5.69. The second-order valence-corrected chi connectivity index (χ2v) is 7.90. The Bertz CT molecular complexity index is 998. The molecule has 0 amide bonds. The summed E-state index contributed by atoms with van der Waals surface area (Å²) in [6.45, 7) is 3.80. The second kappa shape index (κ2) is 12.8. The number of nitrogens with one attached hydrogen (secondary N) is 3. The molecule has 7 heteroatoms. The molecule has 2 heterocycles. The number of halogens is 1. The van der Waals surface area contributed by atoms with Crippen LogP contribution in [0.25, 0.3) is 10.9 Å². The fourth-order valence-electron chi connectivity index (χ4n) is 3.95. The zero-order chi connectivity index (χ0) is 21.3. The van der Waals surface area contributed by atoms with Gasteiger partial charge in [-0.05, 0) is 42.0 Å². The van der Waals surface area contributed by atoms with Crippen molar-refractivity contribution >= 4 is 40.8 Å². The van der Waals surface area contributed by atoms with Crippen LogP contribution in [0.4, 0.5) is 0 Å². The van der Waals surface area contributed by atoms with Crippen LogP contribution in [0.5, 0.6) is 0 Å². The Balaban J connectivity index is 0.00000289. The lowest BCUT2D eigenvalue weighted by atomic mass is 10.1. The Labute approximate surface area is 207 Å². The Morgan fingerprint density at radius 2 is 1.91 bits per heavy atom. The van der Waals surface area contributed by atoms with Gasteiger partial charge in [-0.1, -0.05) is 42.5 Å². The van der Waals surface area contributed by atoms with Crippen LogP contribution in [0.15, 0.2) is 59.7 Å². The lowest BCUT2D eigenvalue weighted by molar-refractivity contribution is -0.0390. The fourth-order valence-corrected chi connectivity index (χ4v) is 3.95. The molecular formula is C25H33IN4O2. The van der Waals surface area contributed by atoms with Crippen LogP contribution in [0.1, 0.15) is 29.5 Å². The van der Waals surface area contributed by atoms with Gasteiger partial charge in [-0.15, -0.1) is 24.0 Å². The molecule has 2 aromatic carbocycles.